The van der Waals surface area contributed by atoms with Crippen LogP contribution < -0.4 is 19.5 Å². The summed E-state index contributed by atoms with van der Waals surface area (Å²) in [5.41, 5.74) is 1.01. The molecule has 1 amide bonds. The lowest BCUT2D eigenvalue weighted by atomic mass is 10.2. The molecule has 0 saturated carbocycles. The molecule has 1 fully saturated rings. The second-order valence-electron chi connectivity index (χ2n) is 5.51. The first-order valence-electron chi connectivity index (χ1n) is 7.93. The van der Waals surface area contributed by atoms with E-state index in [0.717, 1.165) is 17.9 Å². The van der Waals surface area contributed by atoms with Gasteiger partial charge in [-0.3, -0.25) is 4.79 Å². The number of hydrogen-bond acceptors (Lipinski definition) is 6. The first-order valence-corrected chi connectivity index (χ1v) is 9.09. The molecule has 0 bridgehead atoms. The van der Waals surface area contributed by atoms with Crippen LogP contribution in [0.4, 0.5) is 5.69 Å². The lowest BCUT2D eigenvalue weighted by Gasteiger charge is -2.13. The van der Waals surface area contributed by atoms with Crippen LogP contribution in [0.25, 0.3) is 0 Å². The number of pyridine rings is 1. The molecule has 1 unspecified atom stereocenters. The highest BCUT2D eigenvalue weighted by molar-refractivity contribution is 7.99. The van der Waals surface area contributed by atoms with Crippen molar-refractivity contribution in [1.29, 1.82) is 0 Å². The number of methoxy groups -OCH3 is 2. The quantitative estimate of drug-likeness (QED) is 0.853. The van der Waals surface area contributed by atoms with Crippen LogP contribution in [-0.4, -0.2) is 42.7 Å². The number of carbonyl (C=O) groups is 1. The van der Waals surface area contributed by atoms with Crippen molar-refractivity contribution in [2.24, 2.45) is 0 Å². The molecule has 0 spiro atoms. The molecule has 7 heteroatoms. The van der Waals surface area contributed by atoms with Crippen molar-refractivity contribution in [3.63, 3.8) is 0 Å². The van der Waals surface area contributed by atoms with Crippen LogP contribution in [0.5, 0.6) is 17.4 Å². The maximum Gasteiger partial charge on any atom is 0.256 e. The zero-order chi connectivity index (χ0) is 17.6. The number of aromatic nitrogens is 1. The molecule has 1 N–H and O–H groups in total. The van der Waals surface area contributed by atoms with E-state index < -0.39 is 0 Å². The van der Waals surface area contributed by atoms with E-state index in [1.807, 2.05) is 11.8 Å². The summed E-state index contributed by atoms with van der Waals surface area (Å²) in [5, 5.41) is 2.84. The Morgan fingerprint density at radius 2 is 2.12 bits per heavy atom. The first kappa shape index (κ1) is 17.4. The van der Waals surface area contributed by atoms with Crippen molar-refractivity contribution in [2.45, 2.75) is 12.5 Å². The number of anilines is 1. The highest BCUT2D eigenvalue weighted by atomic mass is 32.2. The lowest BCUT2D eigenvalue weighted by molar-refractivity contribution is 0.102. The van der Waals surface area contributed by atoms with E-state index in [0.29, 0.717) is 28.6 Å². The Labute approximate surface area is 150 Å². The molecule has 2 aromatic rings. The number of amides is 1. The van der Waals surface area contributed by atoms with Crippen molar-refractivity contribution in [1.82, 2.24) is 4.98 Å². The van der Waals surface area contributed by atoms with Gasteiger partial charge < -0.3 is 19.5 Å². The second-order valence-corrected chi connectivity index (χ2v) is 6.66. The highest BCUT2D eigenvalue weighted by Gasteiger charge is 2.18. The summed E-state index contributed by atoms with van der Waals surface area (Å²) in [6.07, 6.45) is 2.74. The summed E-state index contributed by atoms with van der Waals surface area (Å²) in [6.45, 7) is 0. The topological polar surface area (TPSA) is 69.7 Å². The van der Waals surface area contributed by atoms with Gasteiger partial charge in [-0.05, 0) is 30.4 Å². The Hall–Kier alpha value is -2.41. The zero-order valence-corrected chi connectivity index (χ0v) is 15.0. The molecule has 6 nitrogen and oxygen atoms in total. The molecule has 1 aliphatic heterocycles. The van der Waals surface area contributed by atoms with Crippen molar-refractivity contribution >= 4 is 23.4 Å². The maximum atomic E-state index is 12.6. The number of thioether (sulfide) groups is 1. The minimum Gasteiger partial charge on any atom is -0.497 e. The molecule has 0 radical (unpaired) electrons. The third-order valence-electron chi connectivity index (χ3n) is 3.83. The number of rotatable bonds is 6. The van der Waals surface area contributed by atoms with Crippen LogP contribution in [0.15, 0.2) is 36.5 Å². The predicted molar refractivity (Wildman–Crippen MR) is 98.1 cm³/mol. The Bertz CT molecular complexity index is 748. The zero-order valence-electron chi connectivity index (χ0n) is 14.2. The van der Waals surface area contributed by atoms with Gasteiger partial charge in [0.1, 0.15) is 17.6 Å². The summed E-state index contributed by atoms with van der Waals surface area (Å²) in [6, 6.07) is 8.54. The fourth-order valence-corrected chi connectivity index (χ4v) is 3.59. The third-order valence-corrected chi connectivity index (χ3v) is 4.96. The molecular weight excluding hydrogens is 340 g/mol. The van der Waals surface area contributed by atoms with Crippen molar-refractivity contribution in [3.8, 4) is 17.4 Å². The average molecular weight is 360 g/mol. The van der Waals surface area contributed by atoms with Gasteiger partial charge in [-0.1, -0.05) is 0 Å². The Kier molecular flexibility index (Phi) is 5.65. The summed E-state index contributed by atoms with van der Waals surface area (Å²) >= 11 is 1.86. The van der Waals surface area contributed by atoms with Gasteiger partial charge in [0.05, 0.1) is 19.9 Å². The van der Waals surface area contributed by atoms with Crippen molar-refractivity contribution in [2.75, 3.05) is 31.0 Å². The van der Waals surface area contributed by atoms with Crippen LogP contribution in [0, 0.1) is 0 Å². The van der Waals surface area contributed by atoms with Crippen molar-refractivity contribution in [3.05, 3.63) is 42.1 Å². The number of benzene rings is 1. The van der Waals surface area contributed by atoms with Gasteiger partial charge in [-0.25, -0.2) is 4.98 Å². The minimum atomic E-state index is -0.264. The van der Waals surface area contributed by atoms with Gasteiger partial charge in [-0.15, -0.1) is 0 Å². The first-order chi connectivity index (χ1) is 12.2. The lowest BCUT2D eigenvalue weighted by Crippen LogP contribution is -2.17. The smallest absolute Gasteiger partial charge is 0.256 e. The van der Waals surface area contributed by atoms with Gasteiger partial charge in [0.15, 0.2) is 0 Å². The van der Waals surface area contributed by atoms with Gasteiger partial charge in [0, 0.05) is 29.6 Å². The molecule has 1 aliphatic rings. The van der Waals surface area contributed by atoms with Crippen molar-refractivity contribution < 1.29 is 19.0 Å². The van der Waals surface area contributed by atoms with Crippen LogP contribution in [0.2, 0.25) is 0 Å². The van der Waals surface area contributed by atoms with E-state index in [-0.39, 0.29) is 12.0 Å². The van der Waals surface area contributed by atoms with E-state index in [1.165, 1.54) is 0 Å². The van der Waals surface area contributed by atoms with Crippen LogP contribution in [0.3, 0.4) is 0 Å². The second kappa shape index (κ2) is 8.11. The molecule has 1 aromatic heterocycles. The van der Waals surface area contributed by atoms with Crippen LogP contribution in [0.1, 0.15) is 16.8 Å². The Morgan fingerprint density at radius 3 is 2.84 bits per heavy atom. The summed E-state index contributed by atoms with van der Waals surface area (Å²) < 4.78 is 16.3. The molecule has 25 heavy (non-hydrogen) atoms. The molecule has 3 rings (SSSR count). The van der Waals surface area contributed by atoms with Gasteiger partial charge in [0.2, 0.25) is 5.88 Å². The molecule has 1 saturated heterocycles. The average Bonchev–Trinajstić information content (AvgIpc) is 3.14. The van der Waals surface area contributed by atoms with Crippen LogP contribution >= 0.6 is 11.8 Å². The molecule has 0 aliphatic carbocycles. The normalized spacial score (nSPS) is 16.3. The van der Waals surface area contributed by atoms with E-state index in [9.17, 15) is 4.79 Å². The molecule has 2 heterocycles. The van der Waals surface area contributed by atoms with Gasteiger partial charge in [0.25, 0.3) is 5.91 Å². The van der Waals surface area contributed by atoms with E-state index in [4.69, 9.17) is 14.2 Å². The van der Waals surface area contributed by atoms with E-state index >= 15 is 0 Å². The molecule has 1 atom stereocenters. The number of nitrogens with one attached hydrogen (secondary N) is 1. The van der Waals surface area contributed by atoms with E-state index in [1.54, 1.807) is 50.7 Å². The SMILES string of the molecule is COc1ccc(OC)c(NC(=O)c2ccnc(OC3CCSC3)c2)c1. The third kappa shape index (κ3) is 4.36. The number of nitrogens with zero attached hydrogens (tertiary/aromatic N) is 1. The van der Waals surface area contributed by atoms with Crippen LogP contribution in [-0.2, 0) is 0 Å². The molecular formula is C18H20N2O4S. The summed E-state index contributed by atoms with van der Waals surface area (Å²) in [7, 11) is 3.12. The Balaban J connectivity index is 1.74. The highest BCUT2D eigenvalue weighted by Crippen LogP contribution is 2.29. The standard InChI is InChI=1S/C18H20N2O4S/c1-22-13-3-4-16(23-2)15(10-13)20-18(21)12-5-7-19-17(9-12)24-14-6-8-25-11-14/h3-5,7,9-10,14H,6,8,11H2,1-2H3,(H,20,21). The number of carbonyl (C=O) groups excluding carboxylic acids is 1. The van der Waals surface area contributed by atoms with Gasteiger partial charge in [-0.2, -0.15) is 11.8 Å². The fourth-order valence-electron chi connectivity index (χ4n) is 2.50. The summed E-state index contributed by atoms with van der Waals surface area (Å²) in [4.78, 5) is 16.8. The largest absolute Gasteiger partial charge is 0.497 e. The van der Waals surface area contributed by atoms with Gasteiger partial charge >= 0.3 is 0 Å². The maximum absolute atomic E-state index is 12.6. The number of ether oxygens (including phenoxy) is 3. The fraction of sp³-hybridized carbons (Fsp3) is 0.333. The molecule has 132 valence electrons. The summed E-state index contributed by atoms with van der Waals surface area (Å²) in [5.74, 6) is 3.45. The number of hydrogen-bond donors (Lipinski definition) is 1. The predicted octanol–water partition coefficient (Wildman–Crippen LogP) is 3.24. The molecule has 1 aromatic carbocycles. The monoisotopic (exact) mass is 360 g/mol. The minimum absolute atomic E-state index is 0.161. The van der Waals surface area contributed by atoms with E-state index in [2.05, 4.69) is 10.3 Å². The Morgan fingerprint density at radius 1 is 1.24 bits per heavy atom.